The molecule has 2 nitrogen and oxygen atoms in total. The van der Waals surface area contributed by atoms with Gasteiger partial charge in [-0.1, -0.05) is 27.5 Å². The van der Waals surface area contributed by atoms with Crippen LogP contribution in [0.15, 0.2) is 12.3 Å². The average Bonchev–Trinajstić information content (AvgIpc) is 2.04. The Kier molecular flexibility index (Phi) is 3.15. The summed E-state index contributed by atoms with van der Waals surface area (Å²) >= 11 is 9.02. The number of pyridine rings is 1. The number of halogens is 2. The molecule has 1 aromatic heterocycles. The van der Waals surface area contributed by atoms with Gasteiger partial charge in [-0.25, -0.2) is 4.98 Å². The van der Waals surface area contributed by atoms with Crippen LogP contribution in [-0.2, 0) is 5.33 Å². The van der Waals surface area contributed by atoms with Crippen molar-refractivity contribution >= 4 is 27.5 Å². The van der Waals surface area contributed by atoms with Gasteiger partial charge in [0.25, 0.3) is 0 Å². The van der Waals surface area contributed by atoms with E-state index < -0.39 is 0 Å². The molecule has 0 unspecified atom stereocenters. The van der Waals surface area contributed by atoms with Crippen molar-refractivity contribution in [1.29, 1.82) is 0 Å². The Bertz CT molecular complexity index is 254. The summed E-state index contributed by atoms with van der Waals surface area (Å²) < 4.78 is 4.99. The highest BCUT2D eigenvalue weighted by molar-refractivity contribution is 9.08. The smallest absolute Gasteiger partial charge is 0.217 e. The summed E-state index contributed by atoms with van der Waals surface area (Å²) in [6, 6.07) is 1.82. The Labute approximate surface area is 78.7 Å². The molecule has 0 amide bonds. The van der Waals surface area contributed by atoms with Crippen molar-refractivity contribution in [3.05, 3.63) is 22.8 Å². The third kappa shape index (κ3) is 2.07. The summed E-state index contributed by atoms with van der Waals surface area (Å²) in [5, 5.41) is 1.32. The first-order valence-electron chi connectivity index (χ1n) is 3.02. The normalized spacial score (nSPS) is 9.73. The molecule has 0 fully saturated rings. The van der Waals surface area contributed by atoms with Crippen molar-refractivity contribution < 1.29 is 4.74 Å². The van der Waals surface area contributed by atoms with Gasteiger partial charge in [0.15, 0.2) is 0 Å². The zero-order chi connectivity index (χ0) is 8.27. The molecule has 0 aromatic carbocycles. The van der Waals surface area contributed by atoms with Crippen molar-refractivity contribution in [1.82, 2.24) is 4.98 Å². The van der Waals surface area contributed by atoms with Gasteiger partial charge in [-0.3, -0.25) is 0 Å². The van der Waals surface area contributed by atoms with E-state index in [0.29, 0.717) is 16.2 Å². The minimum atomic E-state index is 0.617. The number of alkyl halides is 1. The molecular weight excluding hydrogens is 229 g/mol. The fourth-order valence-electron chi connectivity index (χ4n) is 0.748. The molecule has 1 aromatic rings. The summed E-state index contributed by atoms with van der Waals surface area (Å²) in [4.78, 5) is 3.98. The van der Waals surface area contributed by atoms with Crippen molar-refractivity contribution in [3.63, 3.8) is 0 Å². The molecule has 1 rings (SSSR count). The van der Waals surface area contributed by atoms with Crippen LogP contribution in [0.2, 0.25) is 5.02 Å². The van der Waals surface area contributed by atoms with Crippen LogP contribution in [-0.4, -0.2) is 12.1 Å². The fourth-order valence-corrected chi connectivity index (χ4v) is 1.33. The van der Waals surface area contributed by atoms with E-state index in [9.17, 15) is 0 Å². The lowest BCUT2D eigenvalue weighted by Crippen LogP contribution is -1.92. The fraction of sp³-hybridized carbons (Fsp3) is 0.286. The third-order valence-electron chi connectivity index (χ3n) is 1.23. The topological polar surface area (TPSA) is 22.1 Å². The van der Waals surface area contributed by atoms with Crippen molar-refractivity contribution in [2.24, 2.45) is 0 Å². The lowest BCUT2D eigenvalue weighted by atomic mass is 10.3. The maximum atomic E-state index is 5.71. The second kappa shape index (κ2) is 3.93. The SMILES string of the molecule is COc1ncc(Cl)cc1CBr. The van der Waals surface area contributed by atoms with Crippen LogP contribution in [0.4, 0.5) is 0 Å². The number of methoxy groups -OCH3 is 1. The van der Waals surface area contributed by atoms with E-state index in [1.165, 1.54) is 0 Å². The van der Waals surface area contributed by atoms with E-state index in [-0.39, 0.29) is 0 Å². The second-order valence-electron chi connectivity index (χ2n) is 1.96. The van der Waals surface area contributed by atoms with Crippen molar-refractivity contribution in [3.8, 4) is 5.88 Å². The Balaban J connectivity index is 3.06. The summed E-state index contributed by atoms with van der Waals surface area (Å²) in [6.07, 6.45) is 1.56. The van der Waals surface area contributed by atoms with Gasteiger partial charge in [0.2, 0.25) is 5.88 Å². The quantitative estimate of drug-likeness (QED) is 0.737. The van der Waals surface area contributed by atoms with E-state index in [1.807, 2.05) is 6.07 Å². The molecule has 0 spiro atoms. The largest absolute Gasteiger partial charge is 0.481 e. The number of aromatic nitrogens is 1. The maximum Gasteiger partial charge on any atom is 0.217 e. The number of rotatable bonds is 2. The number of ether oxygens (including phenoxy) is 1. The van der Waals surface area contributed by atoms with Crippen LogP contribution in [0.5, 0.6) is 5.88 Å². The van der Waals surface area contributed by atoms with Gasteiger partial charge in [0.05, 0.1) is 12.1 Å². The molecule has 0 aliphatic rings. The highest BCUT2D eigenvalue weighted by atomic mass is 79.9. The highest BCUT2D eigenvalue weighted by Crippen LogP contribution is 2.21. The standard InChI is InChI=1S/C7H7BrClNO/c1-11-7-5(3-8)2-6(9)4-10-7/h2,4H,3H2,1H3. The molecule has 0 aliphatic carbocycles. The third-order valence-corrected chi connectivity index (χ3v) is 2.04. The highest BCUT2D eigenvalue weighted by Gasteiger charge is 2.02. The number of nitrogens with zero attached hydrogens (tertiary/aromatic N) is 1. The zero-order valence-electron chi connectivity index (χ0n) is 5.97. The van der Waals surface area contributed by atoms with Crippen molar-refractivity contribution in [2.45, 2.75) is 5.33 Å². The lowest BCUT2D eigenvalue weighted by Gasteiger charge is -2.03. The monoisotopic (exact) mass is 235 g/mol. The molecular formula is C7H7BrClNO. The van der Waals surface area contributed by atoms with E-state index >= 15 is 0 Å². The summed E-state index contributed by atoms with van der Waals surface area (Å²) in [5.41, 5.74) is 0.958. The van der Waals surface area contributed by atoms with Gasteiger partial charge in [-0.15, -0.1) is 0 Å². The molecule has 0 N–H and O–H groups in total. The van der Waals surface area contributed by atoms with Crippen LogP contribution >= 0.6 is 27.5 Å². The van der Waals surface area contributed by atoms with Crippen LogP contribution < -0.4 is 4.74 Å². The minimum Gasteiger partial charge on any atom is -0.481 e. The number of hydrogen-bond acceptors (Lipinski definition) is 2. The molecule has 0 aliphatic heterocycles. The molecule has 4 heteroatoms. The molecule has 0 radical (unpaired) electrons. The molecule has 0 atom stereocenters. The Morgan fingerprint density at radius 2 is 2.45 bits per heavy atom. The first kappa shape index (κ1) is 8.81. The van der Waals surface area contributed by atoms with Gasteiger partial charge in [0.1, 0.15) is 0 Å². The van der Waals surface area contributed by atoms with E-state index in [0.717, 1.165) is 5.56 Å². The molecule has 0 saturated carbocycles. The van der Waals surface area contributed by atoms with Crippen LogP contribution in [0.25, 0.3) is 0 Å². The molecule has 60 valence electrons. The molecule has 0 saturated heterocycles. The van der Waals surface area contributed by atoms with Gasteiger partial charge >= 0.3 is 0 Å². The van der Waals surface area contributed by atoms with Crippen molar-refractivity contribution in [2.75, 3.05) is 7.11 Å². The molecule has 1 heterocycles. The van der Waals surface area contributed by atoms with Gasteiger partial charge in [-0.05, 0) is 6.07 Å². The average molecular weight is 236 g/mol. The summed E-state index contributed by atoms with van der Waals surface area (Å²) in [7, 11) is 1.59. The predicted molar refractivity (Wildman–Crippen MR) is 48.4 cm³/mol. The van der Waals surface area contributed by atoms with E-state index in [4.69, 9.17) is 16.3 Å². The maximum absolute atomic E-state index is 5.71. The van der Waals surface area contributed by atoms with Gasteiger partial charge in [-0.2, -0.15) is 0 Å². The summed E-state index contributed by atoms with van der Waals surface area (Å²) in [5.74, 6) is 0.617. The van der Waals surface area contributed by atoms with Crippen LogP contribution in [0.1, 0.15) is 5.56 Å². The zero-order valence-corrected chi connectivity index (χ0v) is 8.32. The summed E-state index contributed by atoms with van der Waals surface area (Å²) in [6.45, 7) is 0. The minimum absolute atomic E-state index is 0.617. The van der Waals surface area contributed by atoms with Gasteiger partial charge in [0, 0.05) is 17.1 Å². The van der Waals surface area contributed by atoms with Gasteiger partial charge < -0.3 is 4.74 Å². The first-order chi connectivity index (χ1) is 5.27. The van der Waals surface area contributed by atoms with Crippen LogP contribution in [0.3, 0.4) is 0 Å². The number of hydrogen-bond donors (Lipinski definition) is 0. The van der Waals surface area contributed by atoms with E-state index in [2.05, 4.69) is 20.9 Å². The van der Waals surface area contributed by atoms with E-state index in [1.54, 1.807) is 13.3 Å². The molecule has 11 heavy (non-hydrogen) atoms. The van der Waals surface area contributed by atoms with Crippen LogP contribution in [0, 0.1) is 0 Å². The molecule has 0 bridgehead atoms. The lowest BCUT2D eigenvalue weighted by molar-refractivity contribution is 0.394. The second-order valence-corrected chi connectivity index (χ2v) is 2.95. The first-order valence-corrected chi connectivity index (χ1v) is 4.52. The Hall–Kier alpha value is -0.280. The Morgan fingerprint density at radius 1 is 1.73 bits per heavy atom. The predicted octanol–water partition coefficient (Wildman–Crippen LogP) is 2.64. The Morgan fingerprint density at radius 3 is 3.00 bits per heavy atom.